The zero-order valence-corrected chi connectivity index (χ0v) is 28.6. The first-order chi connectivity index (χ1) is 23.5. The standard InChI is InChI=1S/C35H42ClNO12/c1-34(2)41-19-23(47-34)27-29(30-32(44-27)49-35(3,4)48-30)45-31-25-28(46-33(39)37(25)16-20-11-7-5-8-12-20)26(43-24(38)15-36)22(42-31)18-40-17-21-13-9-6-10-14-21/h5-14,22-23,25-32H,15-19H2,1-4H3/t22-,23-,25-,26-,27-,28-,29+,30-,31+,32-/m1/s1. The molecule has 0 aromatic heterocycles. The predicted octanol–water partition coefficient (Wildman–Crippen LogP) is 3.88. The molecular formula is C35H42ClNO12. The number of rotatable bonds is 11. The third-order valence-corrected chi connectivity index (χ3v) is 9.35. The summed E-state index contributed by atoms with van der Waals surface area (Å²) in [6, 6.07) is 18.2. The van der Waals surface area contributed by atoms with Gasteiger partial charge in [0.2, 0.25) is 0 Å². The van der Waals surface area contributed by atoms with Crippen LogP contribution in [0.2, 0.25) is 0 Å². The summed E-state index contributed by atoms with van der Waals surface area (Å²) in [4.78, 5) is 27.8. The lowest BCUT2D eigenvalue weighted by Crippen LogP contribution is -2.63. The quantitative estimate of drug-likeness (QED) is 0.249. The van der Waals surface area contributed by atoms with Crippen molar-refractivity contribution in [2.75, 3.05) is 19.1 Å². The second kappa shape index (κ2) is 14.0. The van der Waals surface area contributed by atoms with Gasteiger partial charge in [0.15, 0.2) is 36.4 Å². The topological polar surface area (TPSA) is 130 Å². The average Bonchev–Trinajstić information content (AvgIpc) is 3.79. The van der Waals surface area contributed by atoms with Crippen LogP contribution >= 0.6 is 11.6 Å². The summed E-state index contributed by atoms with van der Waals surface area (Å²) >= 11 is 5.87. The minimum absolute atomic E-state index is 0.00843. The highest BCUT2D eigenvalue weighted by Gasteiger charge is 2.63. The van der Waals surface area contributed by atoms with E-state index in [-0.39, 0.29) is 26.4 Å². The Kier molecular flexibility index (Phi) is 9.92. The Morgan fingerprint density at radius 3 is 2.27 bits per heavy atom. The molecule has 5 heterocycles. The molecule has 0 saturated carbocycles. The molecule has 5 saturated heterocycles. The maximum atomic E-state index is 13.6. The Hall–Kier alpha value is -2.85. The fraction of sp³-hybridized carbons (Fsp3) is 0.600. The van der Waals surface area contributed by atoms with E-state index in [1.165, 1.54) is 4.90 Å². The highest BCUT2D eigenvalue weighted by molar-refractivity contribution is 6.26. The number of nitrogens with zero attached hydrogens (tertiary/aromatic N) is 1. The molecule has 266 valence electrons. The largest absolute Gasteiger partial charge is 0.455 e. The monoisotopic (exact) mass is 703 g/mol. The van der Waals surface area contributed by atoms with Crippen molar-refractivity contribution in [3.63, 3.8) is 0 Å². The lowest BCUT2D eigenvalue weighted by molar-refractivity contribution is -0.304. The molecule has 5 aliphatic heterocycles. The van der Waals surface area contributed by atoms with Gasteiger partial charge in [0.25, 0.3) is 0 Å². The van der Waals surface area contributed by atoms with Gasteiger partial charge in [-0.2, -0.15) is 0 Å². The highest BCUT2D eigenvalue weighted by Crippen LogP contribution is 2.44. The molecule has 2 aromatic carbocycles. The molecule has 2 aromatic rings. The first-order valence-corrected chi connectivity index (χ1v) is 17.1. The normalized spacial score (nSPS) is 35.9. The third kappa shape index (κ3) is 7.46. The molecule has 0 unspecified atom stereocenters. The zero-order chi connectivity index (χ0) is 34.3. The average molecular weight is 704 g/mol. The van der Waals surface area contributed by atoms with Crippen molar-refractivity contribution in [3.05, 3.63) is 71.8 Å². The first kappa shape index (κ1) is 34.6. The number of benzene rings is 2. The maximum Gasteiger partial charge on any atom is 0.411 e. The molecule has 0 radical (unpaired) electrons. The third-order valence-electron chi connectivity index (χ3n) is 9.13. The smallest absolute Gasteiger partial charge is 0.411 e. The molecule has 5 aliphatic rings. The summed E-state index contributed by atoms with van der Waals surface area (Å²) in [5, 5.41) is 0. The fourth-order valence-electron chi connectivity index (χ4n) is 7.04. The summed E-state index contributed by atoms with van der Waals surface area (Å²) in [6.45, 7) is 7.96. The Balaban J connectivity index is 1.21. The summed E-state index contributed by atoms with van der Waals surface area (Å²) in [7, 11) is 0. The lowest BCUT2D eigenvalue weighted by atomic mass is 9.95. The van der Waals surface area contributed by atoms with Crippen LogP contribution in [-0.4, -0.2) is 109 Å². The summed E-state index contributed by atoms with van der Waals surface area (Å²) in [6.07, 6.45) is -8.00. The number of esters is 1. The molecule has 5 fully saturated rings. The van der Waals surface area contributed by atoms with E-state index in [0.29, 0.717) is 0 Å². The van der Waals surface area contributed by atoms with Crippen molar-refractivity contribution < 1.29 is 57.0 Å². The number of carbonyl (C=O) groups is 2. The molecule has 1 amide bonds. The summed E-state index contributed by atoms with van der Waals surface area (Å²) in [5.41, 5.74) is 1.80. The first-order valence-electron chi connectivity index (χ1n) is 16.5. The minimum atomic E-state index is -1.10. The number of halogens is 1. The van der Waals surface area contributed by atoms with E-state index in [4.69, 9.17) is 59.0 Å². The number of alkyl halides is 1. The van der Waals surface area contributed by atoms with Gasteiger partial charge < -0.3 is 47.4 Å². The Morgan fingerprint density at radius 2 is 1.59 bits per heavy atom. The summed E-state index contributed by atoms with van der Waals surface area (Å²) < 4.78 is 62.3. The molecule has 0 bridgehead atoms. The molecule has 0 N–H and O–H groups in total. The van der Waals surface area contributed by atoms with Crippen LogP contribution in [0.15, 0.2) is 60.7 Å². The van der Waals surface area contributed by atoms with E-state index >= 15 is 0 Å². The number of ether oxygens (including phenoxy) is 10. The van der Waals surface area contributed by atoms with Crippen LogP contribution in [0.5, 0.6) is 0 Å². The van der Waals surface area contributed by atoms with Gasteiger partial charge in [-0.1, -0.05) is 60.7 Å². The van der Waals surface area contributed by atoms with E-state index in [1.54, 1.807) is 13.8 Å². The van der Waals surface area contributed by atoms with E-state index in [9.17, 15) is 9.59 Å². The van der Waals surface area contributed by atoms with Crippen LogP contribution < -0.4 is 0 Å². The van der Waals surface area contributed by atoms with E-state index in [1.807, 2.05) is 74.5 Å². The molecule has 14 heteroatoms. The van der Waals surface area contributed by atoms with Gasteiger partial charge >= 0.3 is 12.1 Å². The SMILES string of the molecule is CC1(C)O[C@H]2O[C@H]([C@H]3COC(C)(C)O3)[C@H](O[C@@H]3O[C@H](COCc4ccccc4)[C@@H](OC(=O)CCl)[C@@H]4OC(=O)N(Cc5ccccc5)[C@@H]34)[C@H]2O1. The Bertz CT molecular complexity index is 1460. The van der Waals surface area contributed by atoms with Crippen LogP contribution in [0.1, 0.15) is 38.8 Å². The number of amides is 1. The van der Waals surface area contributed by atoms with Gasteiger partial charge in [-0.05, 0) is 38.8 Å². The molecule has 0 spiro atoms. The van der Waals surface area contributed by atoms with Crippen LogP contribution in [-0.2, 0) is 65.3 Å². The molecule has 7 rings (SSSR count). The molecule has 0 aliphatic carbocycles. The number of hydrogen-bond acceptors (Lipinski definition) is 12. The van der Waals surface area contributed by atoms with Crippen LogP contribution in [0.4, 0.5) is 4.79 Å². The van der Waals surface area contributed by atoms with Crippen LogP contribution in [0, 0.1) is 0 Å². The van der Waals surface area contributed by atoms with Gasteiger partial charge in [-0.25, -0.2) is 4.79 Å². The van der Waals surface area contributed by atoms with Crippen molar-refractivity contribution in [2.24, 2.45) is 0 Å². The van der Waals surface area contributed by atoms with Gasteiger partial charge in [0, 0.05) is 6.54 Å². The second-order valence-corrected chi connectivity index (χ2v) is 13.9. The second-order valence-electron chi connectivity index (χ2n) is 13.6. The Labute approximate surface area is 289 Å². The number of fused-ring (bicyclic) bond motifs is 2. The maximum absolute atomic E-state index is 13.6. The molecule has 10 atom stereocenters. The van der Waals surface area contributed by atoms with Gasteiger partial charge in [0.05, 0.1) is 19.8 Å². The zero-order valence-electron chi connectivity index (χ0n) is 27.8. The Morgan fingerprint density at radius 1 is 0.878 bits per heavy atom. The molecule has 49 heavy (non-hydrogen) atoms. The van der Waals surface area contributed by atoms with Crippen molar-refractivity contribution >= 4 is 23.7 Å². The van der Waals surface area contributed by atoms with E-state index < -0.39 is 90.9 Å². The van der Waals surface area contributed by atoms with Gasteiger partial charge in [-0.3, -0.25) is 9.69 Å². The molecule has 13 nitrogen and oxygen atoms in total. The minimum Gasteiger partial charge on any atom is -0.455 e. The highest BCUT2D eigenvalue weighted by atomic mass is 35.5. The van der Waals surface area contributed by atoms with Crippen molar-refractivity contribution in [1.29, 1.82) is 0 Å². The van der Waals surface area contributed by atoms with Gasteiger partial charge in [-0.15, -0.1) is 11.6 Å². The van der Waals surface area contributed by atoms with Crippen LogP contribution in [0.3, 0.4) is 0 Å². The van der Waals surface area contributed by atoms with Crippen molar-refractivity contribution in [1.82, 2.24) is 4.90 Å². The van der Waals surface area contributed by atoms with Crippen LogP contribution in [0.25, 0.3) is 0 Å². The number of carbonyl (C=O) groups excluding carboxylic acids is 2. The van der Waals surface area contributed by atoms with E-state index in [2.05, 4.69) is 0 Å². The van der Waals surface area contributed by atoms with Crippen molar-refractivity contribution in [2.45, 2.75) is 114 Å². The molecular weight excluding hydrogens is 662 g/mol. The lowest BCUT2D eigenvalue weighted by Gasteiger charge is -2.44. The fourth-order valence-corrected chi connectivity index (χ4v) is 7.10. The number of hydrogen-bond donors (Lipinski definition) is 0. The van der Waals surface area contributed by atoms with Gasteiger partial charge in [0.1, 0.15) is 42.4 Å². The van der Waals surface area contributed by atoms with Crippen molar-refractivity contribution in [3.8, 4) is 0 Å². The summed E-state index contributed by atoms with van der Waals surface area (Å²) in [5.74, 6) is -2.86. The predicted molar refractivity (Wildman–Crippen MR) is 170 cm³/mol. The van der Waals surface area contributed by atoms with E-state index in [0.717, 1.165) is 11.1 Å².